The maximum absolute atomic E-state index is 12.2. The molecule has 0 fully saturated rings. The number of carbonyl (C=O) groups excluding carboxylic acids is 1. The summed E-state index contributed by atoms with van der Waals surface area (Å²) in [6.45, 7) is 3.89. The van der Waals surface area contributed by atoms with E-state index in [1.807, 2.05) is 26.0 Å². The number of pyridine rings is 1. The zero-order valence-corrected chi connectivity index (χ0v) is 12.4. The van der Waals surface area contributed by atoms with Gasteiger partial charge in [0.1, 0.15) is 5.69 Å². The molecule has 3 aromatic heterocycles. The maximum Gasteiger partial charge on any atom is 0.275 e. The van der Waals surface area contributed by atoms with Crippen molar-refractivity contribution in [3.63, 3.8) is 0 Å². The lowest BCUT2D eigenvalue weighted by Crippen LogP contribution is -2.12. The van der Waals surface area contributed by atoms with Gasteiger partial charge >= 0.3 is 0 Å². The van der Waals surface area contributed by atoms with Crippen molar-refractivity contribution in [1.29, 1.82) is 0 Å². The van der Waals surface area contributed by atoms with Crippen molar-refractivity contribution in [3.05, 3.63) is 46.9 Å². The summed E-state index contributed by atoms with van der Waals surface area (Å²) < 4.78 is 0. The standard InChI is InChI=1S/C14H13N5OS/c1-8-9(2)21-14(16-8)17-13(20)12-7-11(18-19-12)10-3-5-15-6-4-10/h3-7H,1-2H3,(H,18,19)(H,16,17,20). The van der Waals surface area contributed by atoms with Gasteiger partial charge in [-0.3, -0.25) is 20.2 Å². The molecule has 0 saturated carbocycles. The molecule has 1 amide bonds. The molecule has 3 aromatic rings. The van der Waals surface area contributed by atoms with Gasteiger partial charge in [0.25, 0.3) is 5.91 Å². The smallest absolute Gasteiger partial charge is 0.275 e. The molecule has 21 heavy (non-hydrogen) atoms. The first-order chi connectivity index (χ1) is 10.1. The van der Waals surface area contributed by atoms with Crippen LogP contribution in [0, 0.1) is 13.8 Å². The second-order valence-electron chi connectivity index (χ2n) is 4.52. The van der Waals surface area contributed by atoms with Gasteiger partial charge in [0, 0.05) is 22.8 Å². The molecule has 0 aliphatic rings. The van der Waals surface area contributed by atoms with E-state index in [1.54, 1.807) is 18.5 Å². The van der Waals surface area contributed by atoms with E-state index in [4.69, 9.17) is 0 Å². The molecule has 0 aliphatic heterocycles. The monoisotopic (exact) mass is 299 g/mol. The minimum Gasteiger partial charge on any atom is -0.296 e. The maximum atomic E-state index is 12.2. The van der Waals surface area contributed by atoms with Crippen molar-refractivity contribution in [2.45, 2.75) is 13.8 Å². The number of hydrogen-bond donors (Lipinski definition) is 2. The van der Waals surface area contributed by atoms with Crippen molar-refractivity contribution in [3.8, 4) is 11.3 Å². The van der Waals surface area contributed by atoms with Gasteiger partial charge in [0.15, 0.2) is 5.13 Å². The molecule has 0 spiro atoms. The number of carbonyl (C=O) groups is 1. The number of aromatic nitrogens is 4. The Morgan fingerprint density at radius 1 is 1.29 bits per heavy atom. The number of anilines is 1. The van der Waals surface area contributed by atoms with E-state index in [-0.39, 0.29) is 5.91 Å². The predicted molar refractivity (Wildman–Crippen MR) is 81.4 cm³/mol. The number of nitrogens with zero attached hydrogens (tertiary/aromatic N) is 3. The van der Waals surface area contributed by atoms with E-state index in [9.17, 15) is 4.79 Å². The van der Waals surface area contributed by atoms with Gasteiger partial charge in [-0.2, -0.15) is 5.10 Å². The summed E-state index contributed by atoms with van der Waals surface area (Å²) in [5.41, 5.74) is 2.93. The van der Waals surface area contributed by atoms with Crippen molar-refractivity contribution in [2.75, 3.05) is 5.32 Å². The molecule has 6 nitrogen and oxygen atoms in total. The van der Waals surface area contributed by atoms with Crippen LogP contribution in [0.2, 0.25) is 0 Å². The SMILES string of the molecule is Cc1nc(NC(=O)c2cc(-c3ccncc3)n[nH]2)sc1C. The first-order valence-electron chi connectivity index (χ1n) is 6.34. The second-order valence-corrected chi connectivity index (χ2v) is 5.72. The lowest BCUT2D eigenvalue weighted by atomic mass is 10.2. The quantitative estimate of drug-likeness (QED) is 0.779. The molecule has 0 aliphatic carbocycles. The van der Waals surface area contributed by atoms with E-state index in [1.165, 1.54) is 11.3 Å². The zero-order valence-electron chi connectivity index (χ0n) is 11.5. The minimum absolute atomic E-state index is 0.253. The van der Waals surface area contributed by atoms with Gasteiger partial charge in [-0.25, -0.2) is 4.98 Å². The van der Waals surface area contributed by atoms with Crippen LogP contribution in [-0.4, -0.2) is 26.1 Å². The molecule has 2 N–H and O–H groups in total. The van der Waals surface area contributed by atoms with Crippen LogP contribution in [0.5, 0.6) is 0 Å². The largest absolute Gasteiger partial charge is 0.296 e. The molecule has 106 valence electrons. The van der Waals surface area contributed by atoms with Crippen LogP contribution in [-0.2, 0) is 0 Å². The van der Waals surface area contributed by atoms with Gasteiger partial charge in [0.2, 0.25) is 0 Å². The predicted octanol–water partition coefficient (Wildman–Crippen LogP) is 2.80. The summed E-state index contributed by atoms with van der Waals surface area (Å²) in [6.07, 6.45) is 3.37. The molecule has 0 bridgehead atoms. The number of hydrogen-bond acceptors (Lipinski definition) is 5. The molecule has 0 aromatic carbocycles. The molecule has 3 rings (SSSR count). The number of nitrogens with one attached hydrogen (secondary N) is 2. The minimum atomic E-state index is -0.253. The van der Waals surface area contributed by atoms with E-state index in [2.05, 4.69) is 25.5 Å². The Morgan fingerprint density at radius 3 is 2.71 bits per heavy atom. The highest BCUT2D eigenvalue weighted by molar-refractivity contribution is 7.15. The number of rotatable bonds is 3. The third-order valence-electron chi connectivity index (χ3n) is 3.05. The average molecular weight is 299 g/mol. The molecule has 0 unspecified atom stereocenters. The fourth-order valence-electron chi connectivity index (χ4n) is 1.80. The number of aryl methyl sites for hydroxylation is 2. The van der Waals surface area contributed by atoms with Crippen LogP contribution in [0.3, 0.4) is 0 Å². The van der Waals surface area contributed by atoms with E-state index in [0.717, 1.165) is 16.1 Å². The van der Waals surface area contributed by atoms with Crippen LogP contribution in [0.15, 0.2) is 30.6 Å². The Hall–Kier alpha value is -2.54. The van der Waals surface area contributed by atoms with Gasteiger partial charge in [-0.05, 0) is 32.0 Å². The highest BCUT2D eigenvalue weighted by Crippen LogP contribution is 2.22. The topological polar surface area (TPSA) is 83.6 Å². The van der Waals surface area contributed by atoms with E-state index in [0.29, 0.717) is 16.5 Å². The Bertz CT molecular complexity index is 758. The van der Waals surface area contributed by atoms with Gasteiger partial charge in [0.05, 0.1) is 11.4 Å². The molecule has 3 heterocycles. The molecular weight excluding hydrogens is 286 g/mol. The number of thiazole rings is 1. The van der Waals surface area contributed by atoms with Gasteiger partial charge in [-0.15, -0.1) is 11.3 Å². The summed E-state index contributed by atoms with van der Waals surface area (Å²) in [7, 11) is 0. The van der Waals surface area contributed by atoms with E-state index >= 15 is 0 Å². The fraction of sp³-hybridized carbons (Fsp3) is 0.143. The second kappa shape index (κ2) is 5.45. The van der Waals surface area contributed by atoms with Gasteiger partial charge in [-0.1, -0.05) is 0 Å². The fourth-order valence-corrected chi connectivity index (χ4v) is 2.61. The Morgan fingerprint density at radius 2 is 2.05 bits per heavy atom. The average Bonchev–Trinajstić information content (AvgIpc) is 3.08. The first-order valence-corrected chi connectivity index (χ1v) is 7.16. The van der Waals surface area contributed by atoms with Crippen molar-refractivity contribution < 1.29 is 4.79 Å². The van der Waals surface area contributed by atoms with Crippen LogP contribution >= 0.6 is 11.3 Å². The molecule has 7 heteroatoms. The van der Waals surface area contributed by atoms with E-state index < -0.39 is 0 Å². The number of amides is 1. The molecule has 0 saturated heterocycles. The van der Waals surface area contributed by atoms with Crippen molar-refractivity contribution in [2.24, 2.45) is 0 Å². The third kappa shape index (κ3) is 2.82. The summed E-state index contributed by atoms with van der Waals surface area (Å²) >= 11 is 1.45. The number of H-pyrrole nitrogens is 1. The number of aromatic amines is 1. The Balaban J connectivity index is 1.78. The third-order valence-corrected chi connectivity index (χ3v) is 4.04. The van der Waals surface area contributed by atoms with Crippen molar-refractivity contribution in [1.82, 2.24) is 20.2 Å². The van der Waals surface area contributed by atoms with Crippen LogP contribution < -0.4 is 5.32 Å². The molecule has 0 atom stereocenters. The lowest BCUT2D eigenvalue weighted by molar-refractivity contribution is 0.102. The highest BCUT2D eigenvalue weighted by Gasteiger charge is 2.13. The summed E-state index contributed by atoms with van der Waals surface area (Å²) in [6, 6.07) is 5.38. The Labute approximate surface area is 125 Å². The summed E-state index contributed by atoms with van der Waals surface area (Å²) in [4.78, 5) is 21.5. The first kappa shape index (κ1) is 13.4. The summed E-state index contributed by atoms with van der Waals surface area (Å²) in [5, 5.41) is 10.2. The molecular formula is C14H13N5OS. The highest BCUT2D eigenvalue weighted by atomic mass is 32.1. The normalized spacial score (nSPS) is 10.6. The van der Waals surface area contributed by atoms with Crippen LogP contribution in [0.1, 0.15) is 21.1 Å². The zero-order chi connectivity index (χ0) is 14.8. The van der Waals surface area contributed by atoms with Crippen LogP contribution in [0.25, 0.3) is 11.3 Å². The molecule has 0 radical (unpaired) electrons. The Kier molecular flexibility index (Phi) is 3.49. The van der Waals surface area contributed by atoms with Gasteiger partial charge < -0.3 is 0 Å². The van der Waals surface area contributed by atoms with Crippen molar-refractivity contribution >= 4 is 22.4 Å². The summed E-state index contributed by atoms with van der Waals surface area (Å²) in [5.74, 6) is -0.253. The van der Waals surface area contributed by atoms with Crippen LogP contribution in [0.4, 0.5) is 5.13 Å². The lowest BCUT2D eigenvalue weighted by Gasteiger charge is -1.97.